The molecule has 0 atom stereocenters. The van der Waals surface area contributed by atoms with E-state index in [2.05, 4.69) is 11.1 Å². The largest absolute Gasteiger partial charge is 0.395 e. The van der Waals surface area contributed by atoms with E-state index in [9.17, 15) is 5.26 Å². The van der Waals surface area contributed by atoms with Crippen molar-refractivity contribution in [1.82, 2.24) is 9.97 Å². The third-order valence-electron chi connectivity index (χ3n) is 4.64. The molecule has 148 valence electrons. The van der Waals surface area contributed by atoms with Crippen LogP contribution in [0, 0.1) is 18.3 Å². The minimum absolute atomic E-state index is 0.233. The zero-order valence-electron chi connectivity index (χ0n) is 16.3. The summed E-state index contributed by atoms with van der Waals surface area (Å²) in [6.45, 7) is 2.01. The summed E-state index contributed by atoms with van der Waals surface area (Å²) in [5.41, 5.74) is 17.7. The molecule has 0 bridgehead atoms. The van der Waals surface area contributed by atoms with E-state index in [0.717, 1.165) is 27.4 Å². The van der Waals surface area contributed by atoms with E-state index < -0.39 is 0 Å². The number of thiazole rings is 1. The Bertz CT molecular complexity index is 1230. The van der Waals surface area contributed by atoms with Crippen LogP contribution in [-0.4, -0.2) is 9.97 Å². The lowest BCUT2D eigenvalue weighted by atomic mass is 9.99. The molecule has 0 aliphatic carbocycles. The van der Waals surface area contributed by atoms with Gasteiger partial charge in [-0.05, 0) is 12.5 Å². The van der Waals surface area contributed by atoms with E-state index >= 15 is 0 Å². The molecule has 0 unspecified atom stereocenters. The second kappa shape index (κ2) is 8.57. The quantitative estimate of drug-likeness (QED) is 0.406. The summed E-state index contributed by atoms with van der Waals surface area (Å²) >= 11 is 3.03. The van der Waals surface area contributed by atoms with Gasteiger partial charge in [-0.15, -0.1) is 11.3 Å². The van der Waals surface area contributed by atoms with E-state index in [1.165, 1.54) is 11.8 Å². The number of anilines is 2. The number of rotatable bonds is 5. The predicted octanol–water partition coefficient (Wildman–Crippen LogP) is 5.51. The molecule has 7 heteroatoms. The van der Waals surface area contributed by atoms with Gasteiger partial charge in [-0.3, -0.25) is 0 Å². The minimum Gasteiger partial charge on any atom is -0.395 e. The first-order valence-corrected chi connectivity index (χ1v) is 11.1. The van der Waals surface area contributed by atoms with Gasteiger partial charge in [0.15, 0.2) is 0 Å². The minimum atomic E-state index is 0.233. The highest BCUT2D eigenvalue weighted by Crippen LogP contribution is 2.38. The van der Waals surface area contributed by atoms with Crippen LogP contribution in [0.15, 0.2) is 65.0 Å². The predicted molar refractivity (Wildman–Crippen MR) is 125 cm³/mol. The molecule has 5 nitrogen and oxygen atoms in total. The summed E-state index contributed by atoms with van der Waals surface area (Å²) in [4.78, 5) is 9.11. The van der Waals surface area contributed by atoms with Crippen molar-refractivity contribution in [2.75, 3.05) is 11.5 Å². The fourth-order valence-corrected chi connectivity index (χ4v) is 4.89. The smallest absolute Gasteiger partial charge is 0.148 e. The van der Waals surface area contributed by atoms with Crippen LogP contribution in [0.4, 0.5) is 11.5 Å². The Balaban J connectivity index is 1.64. The van der Waals surface area contributed by atoms with Gasteiger partial charge in [0.25, 0.3) is 0 Å². The summed E-state index contributed by atoms with van der Waals surface area (Å²) in [6, 6.07) is 20.2. The standard InChI is InChI=1S/C23H19N5S2/c1-14-7-9-16(10-8-14)20-17(11-24)23(28-22(26)21(20)25)30-13-19-27-18(12-29-19)15-5-3-2-4-6-15/h2-10,12H,13,25H2,1H3,(H2,26,28). The molecule has 0 saturated heterocycles. The Hall–Kier alpha value is -3.34. The number of thioether (sulfide) groups is 1. The first-order valence-electron chi connectivity index (χ1n) is 9.25. The molecule has 0 fully saturated rings. The molecule has 0 aliphatic heterocycles. The van der Waals surface area contributed by atoms with Crippen molar-refractivity contribution in [3.63, 3.8) is 0 Å². The number of nitrogen functional groups attached to an aromatic ring is 2. The van der Waals surface area contributed by atoms with Crippen LogP contribution in [0.3, 0.4) is 0 Å². The summed E-state index contributed by atoms with van der Waals surface area (Å²) in [6.07, 6.45) is 0. The van der Waals surface area contributed by atoms with Gasteiger partial charge in [0, 0.05) is 16.5 Å². The van der Waals surface area contributed by atoms with Gasteiger partial charge in [0.05, 0.1) is 22.7 Å². The summed E-state index contributed by atoms with van der Waals surface area (Å²) < 4.78 is 0. The second-order valence-corrected chi connectivity index (χ2v) is 8.63. The molecular weight excluding hydrogens is 410 g/mol. The van der Waals surface area contributed by atoms with Gasteiger partial charge in [0.2, 0.25) is 0 Å². The Morgan fingerprint density at radius 3 is 2.43 bits per heavy atom. The molecule has 0 radical (unpaired) electrons. The Labute approximate surface area is 183 Å². The Morgan fingerprint density at radius 2 is 1.73 bits per heavy atom. The maximum absolute atomic E-state index is 9.87. The lowest BCUT2D eigenvalue weighted by Gasteiger charge is -2.14. The van der Waals surface area contributed by atoms with E-state index in [1.54, 1.807) is 11.3 Å². The first kappa shape index (κ1) is 20.0. The highest BCUT2D eigenvalue weighted by Gasteiger charge is 2.19. The van der Waals surface area contributed by atoms with Crippen LogP contribution in [-0.2, 0) is 5.75 Å². The van der Waals surface area contributed by atoms with Crippen LogP contribution < -0.4 is 11.5 Å². The van der Waals surface area contributed by atoms with Crippen LogP contribution in [0.1, 0.15) is 16.1 Å². The van der Waals surface area contributed by atoms with Gasteiger partial charge in [-0.25, -0.2) is 9.97 Å². The third kappa shape index (κ3) is 4.01. The molecule has 4 rings (SSSR count). The van der Waals surface area contributed by atoms with Crippen molar-refractivity contribution in [3.8, 4) is 28.5 Å². The van der Waals surface area contributed by atoms with Crippen molar-refractivity contribution in [1.29, 1.82) is 5.26 Å². The second-order valence-electron chi connectivity index (χ2n) is 6.72. The van der Waals surface area contributed by atoms with Crippen molar-refractivity contribution >= 4 is 34.6 Å². The topological polar surface area (TPSA) is 102 Å². The molecule has 30 heavy (non-hydrogen) atoms. The van der Waals surface area contributed by atoms with Crippen LogP contribution in [0.5, 0.6) is 0 Å². The number of hydrogen-bond acceptors (Lipinski definition) is 7. The first-order chi connectivity index (χ1) is 14.6. The van der Waals surface area contributed by atoms with Crippen molar-refractivity contribution < 1.29 is 0 Å². The van der Waals surface area contributed by atoms with E-state index in [-0.39, 0.29) is 5.82 Å². The molecule has 0 spiro atoms. The fourth-order valence-electron chi connectivity index (χ4n) is 3.07. The number of aryl methyl sites for hydroxylation is 1. The summed E-state index contributed by atoms with van der Waals surface area (Å²) in [5, 5.41) is 13.4. The van der Waals surface area contributed by atoms with E-state index in [4.69, 9.17) is 16.5 Å². The molecule has 4 N–H and O–H groups in total. The number of hydrogen-bond donors (Lipinski definition) is 2. The van der Waals surface area contributed by atoms with Gasteiger partial charge in [-0.1, -0.05) is 71.9 Å². The summed E-state index contributed by atoms with van der Waals surface area (Å²) in [7, 11) is 0. The van der Waals surface area contributed by atoms with Gasteiger partial charge in [0.1, 0.15) is 21.9 Å². The lowest BCUT2D eigenvalue weighted by molar-refractivity contribution is 1.12. The number of nitrogens with zero attached hydrogens (tertiary/aromatic N) is 3. The number of nitrogens with two attached hydrogens (primary N) is 2. The Kier molecular flexibility index (Phi) is 5.70. The van der Waals surface area contributed by atoms with Crippen LogP contribution in [0.2, 0.25) is 0 Å². The maximum atomic E-state index is 9.87. The lowest BCUT2D eigenvalue weighted by Crippen LogP contribution is -2.05. The molecule has 2 aromatic carbocycles. The van der Waals surface area contributed by atoms with E-state index in [0.29, 0.717) is 27.6 Å². The number of aromatic nitrogens is 2. The normalized spacial score (nSPS) is 10.7. The zero-order chi connectivity index (χ0) is 21.1. The zero-order valence-corrected chi connectivity index (χ0v) is 17.9. The van der Waals surface area contributed by atoms with Gasteiger partial charge >= 0.3 is 0 Å². The Morgan fingerprint density at radius 1 is 1.00 bits per heavy atom. The van der Waals surface area contributed by atoms with Crippen molar-refractivity contribution in [3.05, 3.63) is 76.1 Å². The number of nitriles is 1. The van der Waals surface area contributed by atoms with E-state index in [1.807, 2.05) is 66.9 Å². The van der Waals surface area contributed by atoms with Gasteiger partial charge in [-0.2, -0.15) is 5.26 Å². The highest BCUT2D eigenvalue weighted by atomic mass is 32.2. The average Bonchev–Trinajstić information content (AvgIpc) is 3.24. The maximum Gasteiger partial charge on any atom is 0.148 e. The average molecular weight is 430 g/mol. The van der Waals surface area contributed by atoms with Crippen LogP contribution >= 0.6 is 23.1 Å². The highest BCUT2D eigenvalue weighted by molar-refractivity contribution is 7.98. The fraction of sp³-hybridized carbons (Fsp3) is 0.0870. The number of pyridine rings is 1. The molecule has 0 amide bonds. The molecular formula is C23H19N5S2. The molecule has 0 aliphatic rings. The summed E-state index contributed by atoms with van der Waals surface area (Å²) in [5.74, 6) is 0.826. The van der Waals surface area contributed by atoms with Crippen LogP contribution in [0.25, 0.3) is 22.4 Å². The number of benzene rings is 2. The molecule has 4 aromatic rings. The SMILES string of the molecule is Cc1ccc(-c2c(N)c(N)nc(SCc3nc(-c4ccccc4)cs3)c2C#N)cc1. The van der Waals surface area contributed by atoms with Crippen molar-refractivity contribution in [2.24, 2.45) is 0 Å². The third-order valence-corrected chi connectivity index (χ3v) is 6.66. The monoisotopic (exact) mass is 429 g/mol. The van der Waals surface area contributed by atoms with Crippen molar-refractivity contribution in [2.45, 2.75) is 17.7 Å². The molecule has 2 aromatic heterocycles. The molecule has 0 saturated carbocycles. The molecule has 2 heterocycles. The van der Waals surface area contributed by atoms with Gasteiger partial charge < -0.3 is 11.5 Å².